The molecule has 0 saturated carbocycles. The molecule has 0 aliphatic rings. The predicted octanol–water partition coefficient (Wildman–Crippen LogP) is 4.40. The molecule has 0 amide bonds. The van der Waals surface area contributed by atoms with E-state index in [9.17, 15) is 0 Å². The molecule has 0 aliphatic carbocycles. The number of hydrogen-bond acceptors (Lipinski definition) is 2. The van der Waals surface area contributed by atoms with Gasteiger partial charge in [-0.25, -0.2) is 9.55 Å². The van der Waals surface area contributed by atoms with E-state index >= 15 is 0 Å². The monoisotopic (exact) mass is 303 g/mol. The van der Waals surface area contributed by atoms with Crippen molar-refractivity contribution in [2.24, 2.45) is 7.05 Å². The molecule has 0 atom stereocenters. The summed E-state index contributed by atoms with van der Waals surface area (Å²) in [6.45, 7) is 6.21. The Bertz CT molecular complexity index is 1060. The SMILES string of the molecule is Cc1ccc(-c2c(C)ccc3c2oc2nc(C)ccc23)[n+](C)c1. The summed E-state index contributed by atoms with van der Waals surface area (Å²) in [5.41, 5.74) is 7.32. The molecule has 0 radical (unpaired) electrons. The van der Waals surface area contributed by atoms with Gasteiger partial charge in [-0.2, -0.15) is 0 Å². The fraction of sp³-hybridized carbons (Fsp3) is 0.200. The molecule has 0 spiro atoms. The number of aromatic nitrogens is 2. The van der Waals surface area contributed by atoms with Crippen molar-refractivity contribution >= 4 is 22.1 Å². The number of pyridine rings is 2. The fourth-order valence-electron chi connectivity index (χ4n) is 3.24. The van der Waals surface area contributed by atoms with Gasteiger partial charge in [-0.15, -0.1) is 0 Å². The summed E-state index contributed by atoms with van der Waals surface area (Å²) in [7, 11) is 2.08. The van der Waals surface area contributed by atoms with Gasteiger partial charge in [0.2, 0.25) is 11.4 Å². The number of nitrogens with zero attached hydrogens (tertiary/aromatic N) is 2. The van der Waals surface area contributed by atoms with Gasteiger partial charge in [0.05, 0.1) is 5.56 Å². The van der Waals surface area contributed by atoms with E-state index in [1.165, 1.54) is 11.1 Å². The van der Waals surface area contributed by atoms with E-state index < -0.39 is 0 Å². The number of furan rings is 1. The van der Waals surface area contributed by atoms with Gasteiger partial charge in [0.15, 0.2) is 11.8 Å². The van der Waals surface area contributed by atoms with Crippen molar-refractivity contribution in [3.05, 3.63) is 59.4 Å². The van der Waals surface area contributed by atoms with Crippen LogP contribution in [0.1, 0.15) is 16.8 Å². The van der Waals surface area contributed by atoms with Crippen molar-refractivity contribution in [1.29, 1.82) is 0 Å². The first-order chi connectivity index (χ1) is 11.0. The molecule has 4 aromatic rings. The lowest BCUT2D eigenvalue weighted by atomic mass is 10.0. The van der Waals surface area contributed by atoms with Crippen LogP contribution >= 0.6 is 0 Å². The van der Waals surface area contributed by atoms with Crippen molar-refractivity contribution in [2.45, 2.75) is 20.8 Å². The van der Waals surface area contributed by atoms with Crippen molar-refractivity contribution < 1.29 is 8.98 Å². The third-order valence-electron chi connectivity index (χ3n) is 4.39. The van der Waals surface area contributed by atoms with E-state index in [1.54, 1.807) is 0 Å². The summed E-state index contributed by atoms with van der Waals surface area (Å²) in [5, 5.41) is 2.19. The van der Waals surface area contributed by atoms with Crippen molar-refractivity contribution in [2.75, 3.05) is 0 Å². The largest absolute Gasteiger partial charge is 0.437 e. The predicted molar refractivity (Wildman–Crippen MR) is 92.3 cm³/mol. The molecule has 0 unspecified atom stereocenters. The van der Waals surface area contributed by atoms with E-state index in [0.29, 0.717) is 5.71 Å². The van der Waals surface area contributed by atoms with Gasteiger partial charge in [-0.1, -0.05) is 12.1 Å². The van der Waals surface area contributed by atoms with Crippen LogP contribution in [-0.2, 0) is 7.05 Å². The van der Waals surface area contributed by atoms with Gasteiger partial charge in [0.1, 0.15) is 7.05 Å². The number of benzene rings is 1. The minimum Gasteiger partial charge on any atom is -0.437 e. The molecular formula is C20H19N2O+. The van der Waals surface area contributed by atoms with E-state index in [1.807, 2.05) is 13.0 Å². The molecule has 3 heterocycles. The first-order valence-corrected chi connectivity index (χ1v) is 7.81. The second-order valence-corrected chi connectivity index (χ2v) is 6.24. The number of rotatable bonds is 1. The van der Waals surface area contributed by atoms with Crippen LogP contribution in [0.2, 0.25) is 0 Å². The third-order valence-corrected chi connectivity index (χ3v) is 4.39. The molecule has 114 valence electrons. The van der Waals surface area contributed by atoms with Crippen LogP contribution < -0.4 is 4.57 Å². The van der Waals surface area contributed by atoms with Gasteiger partial charge in [-0.05, 0) is 44.5 Å². The Morgan fingerprint density at radius 3 is 2.48 bits per heavy atom. The summed E-state index contributed by atoms with van der Waals surface area (Å²) >= 11 is 0. The van der Waals surface area contributed by atoms with Crippen LogP contribution in [0.3, 0.4) is 0 Å². The van der Waals surface area contributed by atoms with Crippen LogP contribution in [0.15, 0.2) is 47.0 Å². The minimum atomic E-state index is 0.710. The maximum Gasteiger partial charge on any atom is 0.227 e. The fourth-order valence-corrected chi connectivity index (χ4v) is 3.24. The van der Waals surface area contributed by atoms with Crippen LogP contribution in [-0.4, -0.2) is 4.98 Å². The van der Waals surface area contributed by atoms with Crippen molar-refractivity contribution in [3.63, 3.8) is 0 Å². The van der Waals surface area contributed by atoms with E-state index in [0.717, 1.165) is 33.3 Å². The normalized spacial score (nSPS) is 11.5. The summed E-state index contributed by atoms with van der Waals surface area (Å²) in [6, 6.07) is 12.7. The molecule has 1 aromatic carbocycles. The Morgan fingerprint density at radius 1 is 0.913 bits per heavy atom. The molecule has 0 aliphatic heterocycles. The molecule has 3 aromatic heterocycles. The third kappa shape index (κ3) is 2.12. The molecule has 4 rings (SSSR count). The highest BCUT2D eigenvalue weighted by Gasteiger charge is 2.20. The van der Waals surface area contributed by atoms with Crippen LogP contribution in [0.5, 0.6) is 0 Å². The first kappa shape index (κ1) is 13.9. The van der Waals surface area contributed by atoms with Gasteiger partial charge in [0.25, 0.3) is 0 Å². The highest BCUT2D eigenvalue weighted by molar-refractivity contribution is 6.08. The molecule has 3 nitrogen and oxygen atoms in total. The van der Waals surface area contributed by atoms with Crippen molar-refractivity contribution in [3.8, 4) is 11.3 Å². The van der Waals surface area contributed by atoms with Crippen LogP contribution in [0.25, 0.3) is 33.3 Å². The van der Waals surface area contributed by atoms with Crippen LogP contribution in [0.4, 0.5) is 0 Å². The van der Waals surface area contributed by atoms with E-state index in [-0.39, 0.29) is 0 Å². The lowest BCUT2D eigenvalue weighted by Gasteiger charge is -2.05. The number of fused-ring (bicyclic) bond motifs is 3. The Labute approximate surface area is 135 Å². The van der Waals surface area contributed by atoms with Crippen LogP contribution in [0, 0.1) is 20.8 Å². The summed E-state index contributed by atoms with van der Waals surface area (Å²) in [4.78, 5) is 4.54. The smallest absolute Gasteiger partial charge is 0.227 e. The highest BCUT2D eigenvalue weighted by atomic mass is 16.3. The molecule has 3 heteroatoms. The maximum absolute atomic E-state index is 6.16. The topological polar surface area (TPSA) is 29.9 Å². The van der Waals surface area contributed by atoms with Gasteiger partial charge < -0.3 is 4.42 Å². The summed E-state index contributed by atoms with van der Waals surface area (Å²) in [5.74, 6) is 0. The van der Waals surface area contributed by atoms with Gasteiger partial charge in [-0.3, -0.25) is 0 Å². The molecule has 0 N–H and O–H groups in total. The lowest BCUT2D eigenvalue weighted by molar-refractivity contribution is -0.660. The molecule has 0 fully saturated rings. The summed E-state index contributed by atoms with van der Waals surface area (Å²) < 4.78 is 8.32. The Morgan fingerprint density at radius 2 is 1.70 bits per heavy atom. The second-order valence-electron chi connectivity index (χ2n) is 6.24. The Balaban J connectivity index is 2.13. The molecule has 0 bridgehead atoms. The maximum atomic E-state index is 6.16. The average Bonchev–Trinajstić information content (AvgIpc) is 2.85. The van der Waals surface area contributed by atoms with Gasteiger partial charge >= 0.3 is 0 Å². The average molecular weight is 303 g/mol. The molecule has 0 saturated heterocycles. The van der Waals surface area contributed by atoms with Gasteiger partial charge in [0, 0.05) is 28.1 Å². The quantitative estimate of drug-likeness (QED) is 0.488. The zero-order valence-corrected chi connectivity index (χ0v) is 13.8. The summed E-state index contributed by atoms with van der Waals surface area (Å²) in [6.07, 6.45) is 2.14. The van der Waals surface area contributed by atoms with Crippen molar-refractivity contribution in [1.82, 2.24) is 4.98 Å². The molecular weight excluding hydrogens is 284 g/mol. The van der Waals surface area contributed by atoms with E-state index in [4.69, 9.17) is 4.42 Å². The number of aryl methyl sites for hydroxylation is 4. The highest BCUT2D eigenvalue weighted by Crippen LogP contribution is 2.36. The lowest BCUT2D eigenvalue weighted by Crippen LogP contribution is -2.31. The Hall–Kier alpha value is -2.68. The Kier molecular flexibility index (Phi) is 2.98. The zero-order chi connectivity index (χ0) is 16.1. The number of hydrogen-bond donors (Lipinski definition) is 0. The standard InChI is InChI=1S/C20H19N2O/c1-12-5-10-17(22(4)11-12)18-13(2)6-8-15-16-9-7-14(3)21-20(16)23-19(15)18/h5-11H,1-4H3/q+1. The minimum absolute atomic E-state index is 0.710. The zero-order valence-electron chi connectivity index (χ0n) is 13.8. The molecule has 23 heavy (non-hydrogen) atoms. The second kappa shape index (κ2) is 4.92. The first-order valence-electron chi connectivity index (χ1n) is 7.81. The van der Waals surface area contributed by atoms with E-state index in [2.05, 4.69) is 67.0 Å².